The van der Waals surface area contributed by atoms with Gasteiger partial charge in [-0.05, 0) is 38.3 Å². The van der Waals surface area contributed by atoms with Crippen molar-refractivity contribution in [3.63, 3.8) is 0 Å². The molecule has 19 heavy (non-hydrogen) atoms. The van der Waals surface area contributed by atoms with E-state index in [0.29, 0.717) is 24.8 Å². The van der Waals surface area contributed by atoms with Crippen LogP contribution in [0.3, 0.4) is 0 Å². The molecule has 0 aliphatic heterocycles. The van der Waals surface area contributed by atoms with Gasteiger partial charge in [0.15, 0.2) is 0 Å². The smallest absolute Gasteiger partial charge is 0.146 e. The number of halogens is 1. The molecular weight excluding hydrogens is 243 g/mol. The van der Waals surface area contributed by atoms with Crippen molar-refractivity contribution < 1.29 is 9.50 Å². The Kier molecular flexibility index (Phi) is 4.77. The molecule has 3 nitrogen and oxygen atoms in total. The molecule has 0 heterocycles. The van der Waals surface area contributed by atoms with E-state index in [2.05, 4.69) is 5.32 Å². The maximum Gasteiger partial charge on any atom is 0.146 e. The van der Waals surface area contributed by atoms with Gasteiger partial charge in [-0.1, -0.05) is 12.1 Å². The molecule has 0 amide bonds. The van der Waals surface area contributed by atoms with Gasteiger partial charge in [-0.3, -0.25) is 0 Å². The number of aliphatic hydroxyl groups is 1. The van der Waals surface area contributed by atoms with E-state index < -0.39 is 0 Å². The van der Waals surface area contributed by atoms with Gasteiger partial charge in [-0.2, -0.15) is 0 Å². The van der Waals surface area contributed by atoms with Crippen LogP contribution in [0.1, 0.15) is 32.3 Å². The van der Waals surface area contributed by atoms with Crippen molar-refractivity contribution in [3.8, 4) is 0 Å². The third-order valence-electron chi connectivity index (χ3n) is 3.48. The fourth-order valence-electron chi connectivity index (χ4n) is 2.30. The Hall–Kier alpha value is -1.13. The first kappa shape index (κ1) is 14.3. The van der Waals surface area contributed by atoms with Crippen molar-refractivity contribution in [2.75, 3.05) is 18.1 Å². The van der Waals surface area contributed by atoms with Crippen LogP contribution in [0.5, 0.6) is 0 Å². The van der Waals surface area contributed by atoms with Crippen LogP contribution >= 0.6 is 0 Å². The third-order valence-corrected chi connectivity index (χ3v) is 3.48. The van der Waals surface area contributed by atoms with Crippen molar-refractivity contribution in [2.24, 2.45) is 0 Å². The first-order valence-electron chi connectivity index (χ1n) is 7.01. The fourth-order valence-corrected chi connectivity index (χ4v) is 2.30. The molecule has 0 aromatic heterocycles. The molecule has 2 rings (SSSR count). The van der Waals surface area contributed by atoms with Gasteiger partial charge in [0.25, 0.3) is 0 Å². The molecule has 1 aliphatic rings. The van der Waals surface area contributed by atoms with Crippen LogP contribution in [-0.4, -0.2) is 30.3 Å². The van der Waals surface area contributed by atoms with Crippen molar-refractivity contribution in [2.45, 2.75) is 45.3 Å². The Labute approximate surface area is 114 Å². The predicted molar refractivity (Wildman–Crippen MR) is 75.8 cm³/mol. The van der Waals surface area contributed by atoms with Gasteiger partial charge in [0.05, 0.1) is 12.3 Å². The van der Waals surface area contributed by atoms with E-state index >= 15 is 0 Å². The number of nitrogens with zero attached hydrogens (tertiary/aromatic N) is 1. The topological polar surface area (TPSA) is 35.5 Å². The summed E-state index contributed by atoms with van der Waals surface area (Å²) in [5.41, 5.74) is 1.59. The second-order valence-electron chi connectivity index (χ2n) is 5.41. The molecule has 0 spiro atoms. The van der Waals surface area contributed by atoms with E-state index in [4.69, 9.17) is 0 Å². The first-order valence-corrected chi connectivity index (χ1v) is 7.01. The number of para-hydroxylation sites is 1. The monoisotopic (exact) mass is 266 g/mol. The highest BCUT2D eigenvalue weighted by Crippen LogP contribution is 2.27. The molecule has 1 aromatic carbocycles. The summed E-state index contributed by atoms with van der Waals surface area (Å²) in [6, 6.07) is 5.95. The van der Waals surface area contributed by atoms with Crippen LogP contribution in [-0.2, 0) is 6.54 Å². The van der Waals surface area contributed by atoms with Gasteiger partial charge >= 0.3 is 0 Å². The van der Waals surface area contributed by atoms with E-state index in [1.807, 2.05) is 24.8 Å². The number of benzene rings is 1. The van der Waals surface area contributed by atoms with Gasteiger partial charge < -0.3 is 15.3 Å². The molecule has 0 radical (unpaired) electrons. The molecule has 1 saturated carbocycles. The highest BCUT2D eigenvalue weighted by atomic mass is 19.1. The van der Waals surface area contributed by atoms with Gasteiger partial charge in [0.2, 0.25) is 0 Å². The molecule has 0 bridgehead atoms. The minimum absolute atomic E-state index is 0.0298. The summed E-state index contributed by atoms with van der Waals surface area (Å²) in [6.45, 7) is 5.20. The van der Waals surface area contributed by atoms with Crippen LogP contribution in [0.2, 0.25) is 0 Å². The maximum absolute atomic E-state index is 14.2. The van der Waals surface area contributed by atoms with Crippen LogP contribution in [0, 0.1) is 5.82 Å². The number of rotatable bonds is 7. The number of aliphatic hydroxyl groups excluding tert-OH is 1. The van der Waals surface area contributed by atoms with Gasteiger partial charge in [-0.15, -0.1) is 0 Å². The fraction of sp³-hybridized carbons (Fsp3) is 0.600. The summed E-state index contributed by atoms with van der Waals surface area (Å²) in [5, 5.41) is 12.6. The van der Waals surface area contributed by atoms with E-state index in [9.17, 15) is 9.50 Å². The van der Waals surface area contributed by atoms with Crippen LogP contribution in [0.15, 0.2) is 18.2 Å². The molecule has 1 fully saturated rings. The highest BCUT2D eigenvalue weighted by Gasteiger charge is 2.22. The summed E-state index contributed by atoms with van der Waals surface area (Å²) in [7, 11) is 0. The summed E-state index contributed by atoms with van der Waals surface area (Å²) in [4.78, 5) is 1.93. The second-order valence-corrected chi connectivity index (χ2v) is 5.41. The zero-order chi connectivity index (χ0) is 13.8. The average Bonchev–Trinajstić information content (AvgIpc) is 3.18. The van der Waals surface area contributed by atoms with Crippen molar-refractivity contribution in [3.05, 3.63) is 29.6 Å². The van der Waals surface area contributed by atoms with Gasteiger partial charge in [0, 0.05) is 25.2 Å². The molecule has 106 valence electrons. The number of anilines is 1. The Bertz CT molecular complexity index is 419. The molecule has 2 N–H and O–H groups in total. The van der Waals surface area contributed by atoms with Crippen LogP contribution in [0.4, 0.5) is 10.1 Å². The summed E-state index contributed by atoms with van der Waals surface area (Å²) in [5.74, 6) is -0.211. The lowest BCUT2D eigenvalue weighted by molar-refractivity contribution is 0.298. The van der Waals surface area contributed by atoms with E-state index in [1.54, 1.807) is 6.07 Å². The lowest BCUT2D eigenvalue weighted by atomic mass is 10.1. The molecule has 0 unspecified atom stereocenters. The van der Waals surface area contributed by atoms with E-state index in [-0.39, 0.29) is 18.5 Å². The van der Waals surface area contributed by atoms with E-state index in [0.717, 1.165) is 5.56 Å². The molecule has 0 atom stereocenters. The van der Waals surface area contributed by atoms with Crippen molar-refractivity contribution in [1.82, 2.24) is 5.32 Å². The van der Waals surface area contributed by atoms with Gasteiger partial charge in [-0.25, -0.2) is 4.39 Å². The number of hydrogen-bond acceptors (Lipinski definition) is 3. The lowest BCUT2D eigenvalue weighted by Gasteiger charge is -2.30. The van der Waals surface area contributed by atoms with Gasteiger partial charge in [0.1, 0.15) is 5.82 Å². The SMILES string of the molecule is CC(C)N(CCO)c1c(F)cccc1CNC1CC1. The molecule has 0 saturated heterocycles. The highest BCUT2D eigenvalue weighted by molar-refractivity contribution is 5.55. The van der Waals surface area contributed by atoms with Crippen molar-refractivity contribution >= 4 is 5.69 Å². The third kappa shape index (κ3) is 3.67. The minimum Gasteiger partial charge on any atom is -0.395 e. The van der Waals surface area contributed by atoms with E-state index in [1.165, 1.54) is 18.9 Å². The summed E-state index contributed by atoms with van der Waals surface area (Å²) < 4.78 is 14.2. The zero-order valence-electron chi connectivity index (χ0n) is 11.7. The molecule has 4 heteroatoms. The summed E-state index contributed by atoms with van der Waals surface area (Å²) in [6.07, 6.45) is 2.43. The Morgan fingerprint density at radius 3 is 2.74 bits per heavy atom. The number of nitrogens with one attached hydrogen (secondary N) is 1. The molecule has 1 aliphatic carbocycles. The normalized spacial score (nSPS) is 15.0. The lowest BCUT2D eigenvalue weighted by Crippen LogP contribution is -2.35. The molecular formula is C15H23FN2O. The average molecular weight is 266 g/mol. The summed E-state index contributed by atoms with van der Waals surface area (Å²) >= 11 is 0. The Morgan fingerprint density at radius 2 is 2.16 bits per heavy atom. The maximum atomic E-state index is 14.2. The standard InChI is InChI=1S/C15H23FN2O/c1-11(2)18(8-9-19)15-12(4-3-5-14(15)16)10-17-13-6-7-13/h3-5,11,13,17,19H,6-10H2,1-2H3. The second kappa shape index (κ2) is 6.35. The quantitative estimate of drug-likeness (QED) is 0.795. The largest absolute Gasteiger partial charge is 0.395 e. The first-order chi connectivity index (χ1) is 9.13. The van der Waals surface area contributed by atoms with Crippen LogP contribution in [0.25, 0.3) is 0 Å². The van der Waals surface area contributed by atoms with Crippen LogP contribution < -0.4 is 10.2 Å². The van der Waals surface area contributed by atoms with Crippen molar-refractivity contribution in [1.29, 1.82) is 0 Å². The Morgan fingerprint density at radius 1 is 1.42 bits per heavy atom. The zero-order valence-corrected chi connectivity index (χ0v) is 11.7. The number of hydrogen-bond donors (Lipinski definition) is 2. The predicted octanol–water partition coefficient (Wildman–Crippen LogP) is 2.28. The Balaban J connectivity index is 2.23. The minimum atomic E-state index is -0.211. The molecule has 1 aromatic rings.